The van der Waals surface area contributed by atoms with Crippen molar-refractivity contribution >= 4 is 44.4 Å². The Balaban J connectivity index is 1.82. The van der Waals surface area contributed by atoms with E-state index in [0.717, 1.165) is 13.0 Å². The number of halogens is 2. The summed E-state index contributed by atoms with van der Waals surface area (Å²) in [5.41, 5.74) is 0.929. The van der Waals surface area contributed by atoms with E-state index in [0.29, 0.717) is 29.4 Å². The van der Waals surface area contributed by atoms with Gasteiger partial charge in [0.05, 0.1) is 34.6 Å². The number of hydrogen-bond donors (Lipinski definition) is 1. The van der Waals surface area contributed by atoms with Crippen LogP contribution in [-0.4, -0.2) is 54.7 Å². The highest BCUT2D eigenvalue weighted by atomic mass is 35.5. The van der Waals surface area contributed by atoms with Gasteiger partial charge < -0.3 is 10.0 Å². The van der Waals surface area contributed by atoms with Crippen molar-refractivity contribution in [2.45, 2.75) is 54.7 Å². The first kappa shape index (κ1) is 22.6. The number of anilines is 2. The fraction of sp³-hybridized carbons (Fsp3) is 0.409. The molecule has 4 rings (SSSR count). The first-order valence-corrected chi connectivity index (χ1v) is 12.5. The number of aliphatic hydroxyl groups excluding tert-OH is 1. The predicted octanol–water partition coefficient (Wildman–Crippen LogP) is 4.46. The van der Waals surface area contributed by atoms with E-state index in [4.69, 9.17) is 23.2 Å². The van der Waals surface area contributed by atoms with E-state index < -0.39 is 15.9 Å². The molecule has 0 amide bonds. The number of nitrogens with zero attached hydrogens (tertiary/aromatic N) is 3. The summed E-state index contributed by atoms with van der Waals surface area (Å²) >= 11 is 12.2. The second-order valence-electron chi connectivity index (χ2n) is 8.00. The van der Waals surface area contributed by atoms with Gasteiger partial charge in [-0.1, -0.05) is 35.4 Å². The molecule has 3 atom stereocenters. The lowest BCUT2D eigenvalue weighted by atomic mass is 10.0. The van der Waals surface area contributed by atoms with E-state index in [1.807, 2.05) is 17.9 Å². The highest BCUT2D eigenvalue weighted by Crippen LogP contribution is 2.47. The minimum Gasteiger partial charge on any atom is -0.390 e. The van der Waals surface area contributed by atoms with Crippen molar-refractivity contribution in [3.05, 3.63) is 52.8 Å². The molecule has 6 nitrogen and oxygen atoms in total. The van der Waals surface area contributed by atoms with Gasteiger partial charge in [-0.15, -0.1) is 0 Å². The summed E-state index contributed by atoms with van der Waals surface area (Å²) in [6.07, 6.45) is 6.48. The third-order valence-corrected chi connectivity index (χ3v) is 8.28. The zero-order valence-electron chi connectivity index (χ0n) is 17.4. The molecule has 1 saturated heterocycles. The Morgan fingerprint density at radius 1 is 1.23 bits per heavy atom. The van der Waals surface area contributed by atoms with E-state index in [-0.39, 0.29) is 27.0 Å². The molecule has 0 bridgehead atoms. The molecule has 0 radical (unpaired) electrons. The highest BCUT2D eigenvalue weighted by molar-refractivity contribution is 7.92. The maximum absolute atomic E-state index is 13.3. The Hall–Kier alpha value is -1.64. The standard InChI is InChI=1S/C22H25Cl2N3O3S/c1-3-5-14(2)26-9-4-6-16(19(28)13-26)27-17-8-7-15(23)10-20(17)31(29,30)21-11-22(24)25-12-18(21)27/h3,5,7-8,10-12,14,16,19,28H,4,6,9,13H2,1-2H3/b5-3+/t14?,16-,19-/m0/s1. The topological polar surface area (TPSA) is 73.7 Å². The summed E-state index contributed by atoms with van der Waals surface area (Å²) in [6.45, 7) is 5.43. The molecule has 9 heteroatoms. The van der Waals surface area contributed by atoms with Crippen molar-refractivity contribution in [1.29, 1.82) is 0 Å². The van der Waals surface area contributed by atoms with Crippen molar-refractivity contribution < 1.29 is 13.5 Å². The minimum atomic E-state index is -3.83. The maximum atomic E-state index is 13.3. The molecule has 1 fully saturated rings. The quantitative estimate of drug-likeness (QED) is 0.515. The average Bonchev–Trinajstić information content (AvgIpc) is 2.91. The van der Waals surface area contributed by atoms with Crippen molar-refractivity contribution in [1.82, 2.24) is 9.88 Å². The molecule has 0 aliphatic carbocycles. The average molecular weight is 482 g/mol. The van der Waals surface area contributed by atoms with E-state index >= 15 is 0 Å². The molecule has 3 heterocycles. The van der Waals surface area contributed by atoms with E-state index in [1.165, 1.54) is 18.3 Å². The Kier molecular flexibility index (Phi) is 6.34. The number of allylic oxidation sites excluding steroid dienone is 1. The van der Waals surface area contributed by atoms with E-state index in [1.54, 1.807) is 12.1 Å². The van der Waals surface area contributed by atoms with Gasteiger partial charge in [-0.25, -0.2) is 13.4 Å². The van der Waals surface area contributed by atoms with Crippen LogP contribution in [0.4, 0.5) is 11.4 Å². The number of aliphatic hydroxyl groups is 1. The molecular formula is C22H25Cl2N3O3S. The Bertz CT molecular complexity index is 1060. The minimum absolute atomic E-state index is 0.0813. The monoisotopic (exact) mass is 481 g/mol. The van der Waals surface area contributed by atoms with Crippen LogP contribution in [0.2, 0.25) is 10.2 Å². The summed E-state index contributed by atoms with van der Waals surface area (Å²) in [4.78, 5) is 8.49. The fourth-order valence-corrected chi connectivity index (χ4v) is 6.64. The van der Waals surface area contributed by atoms with E-state index in [9.17, 15) is 13.5 Å². The van der Waals surface area contributed by atoms with Crippen LogP contribution in [-0.2, 0) is 9.84 Å². The first-order valence-electron chi connectivity index (χ1n) is 10.3. The van der Waals surface area contributed by atoms with Crippen LogP contribution in [0.1, 0.15) is 26.7 Å². The molecule has 31 heavy (non-hydrogen) atoms. The molecule has 1 N–H and O–H groups in total. The summed E-state index contributed by atoms with van der Waals surface area (Å²) in [5, 5.41) is 11.7. The molecular weight excluding hydrogens is 457 g/mol. The van der Waals surface area contributed by atoms with Crippen molar-refractivity contribution in [2.75, 3.05) is 18.0 Å². The maximum Gasteiger partial charge on any atom is 0.210 e. The molecule has 166 valence electrons. The molecule has 0 spiro atoms. The third kappa shape index (κ3) is 4.10. The summed E-state index contributed by atoms with van der Waals surface area (Å²) in [6, 6.07) is 6.08. The van der Waals surface area contributed by atoms with Gasteiger partial charge in [0.15, 0.2) is 0 Å². The number of hydrogen-bond acceptors (Lipinski definition) is 6. The lowest BCUT2D eigenvalue weighted by molar-refractivity contribution is 0.0983. The van der Waals surface area contributed by atoms with Crippen molar-refractivity contribution in [3.8, 4) is 0 Å². The van der Waals surface area contributed by atoms with Gasteiger partial charge in [0.25, 0.3) is 0 Å². The third-order valence-electron chi connectivity index (χ3n) is 6.02. The van der Waals surface area contributed by atoms with Gasteiger partial charge in [-0.2, -0.15) is 0 Å². The number of β-amino-alcohol motifs (C(OH)–C–C–N with tert-alkyl or cyclic N) is 1. The zero-order valence-corrected chi connectivity index (χ0v) is 19.7. The fourth-order valence-electron chi connectivity index (χ4n) is 4.53. The SMILES string of the molecule is C/C=C/C(C)N1CCC[C@H](N2c3ccc(Cl)cc3S(=O)(=O)c3cc(Cl)ncc32)[C@@H](O)C1. The Morgan fingerprint density at radius 3 is 2.71 bits per heavy atom. The van der Waals surface area contributed by atoms with Crippen LogP contribution in [0, 0.1) is 0 Å². The Morgan fingerprint density at radius 2 is 1.97 bits per heavy atom. The second kappa shape index (κ2) is 8.71. The largest absolute Gasteiger partial charge is 0.390 e. The number of pyridine rings is 1. The van der Waals surface area contributed by atoms with Crippen LogP contribution in [0.3, 0.4) is 0 Å². The second-order valence-corrected chi connectivity index (χ2v) is 10.7. The molecule has 2 aromatic rings. The smallest absolute Gasteiger partial charge is 0.210 e. The van der Waals surface area contributed by atoms with Crippen LogP contribution in [0.5, 0.6) is 0 Å². The molecule has 2 aliphatic heterocycles. The number of sulfone groups is 1. The molecule has 1 unspecified atom stereocenters. The molecule has 1 aromatic carbocycles. The lowest BCUT2D eigenvalue weighted by Crippen LogP contribution is -2.47. The van der Waals surface area contributed by atoms with Gasteiger partial charge >= 0.3 is 0 Å². The summed E-state index contributed by atoms with van der Waals surface area (Å²) in [7, 11) is -3.83. The van der Waals surface area contributed by atoms with Crippen LogP contribution in [0.25, 0.3) is 0 Å². The number of rotatable bonds is 3. The van der Waals surface area contributed by atoms with Gasteiger partial charge in [0.2, 0.25) is 9.84 Å². The number of fused-ring (bicyclic) bond motifs is 2. The van der Waals surface area contributed by atoms with Gasteiger partial charge in [-0.3, -0.25) is 4.90 Å². The molecule has 1 aromatic heterocycles. The number of benzene rings is 1. The van der Waals surface area contributed by atoms with Crippen LogP contribution >= 0.6 is 23.2 Å². The Labute approximate surface area is 193 Å². The van der Waals surface area contributed by atoms with Crippen LogP contribution in [0.15, 0.2) is 52.4 Å². The highest BCUT2D eigenvalue weighted by Gasteiger charge is 2.41. The lowest BCUT2D eigenvalue weighted by Gasteiger charge is -2.40. The predicted molar refractivity (Wildman–Crippen MR) is 123 cm³/mol. The zero-order chi connectivity index (χ0) is 22.3. The van der Waals surface area contributed by atoms with Gasteiger partial charge in [0, 0.05) is 17.6 Å². The normalized spacial score (nSPS) is 24.5. The number of aromatic nitrogens is 1. The molecule has 2 aliphatic rings. The summed E-state index contributed by atoms with van der Waals surface area (Å²) in [5.74, 6) is 0. The van der Waals surface area contributed by atoms with Crippen molar-refractivity contribution in [3.63, 3.8) is 0 Å². The number of likely N-dealkylation sites (tertiary alicyclic amines) is 1. The summed E-state index contributed by atoms with van der Waals surface area (Å²) < 4.78 is 26.7. The first-order chi connectivity index (χ1) is 14.7. The van der Waals surface area contributed by atoms with E-state index in [2.05, 4.69) is 22.9 Å². The van der Waals surface area contributed by atoms with Crippen molar-refractivity contribution in [2.24, 2.45) is 0 Å². The van der Waals surface area contributed by atoms with Gasteiger partial charge in [0.1, 0.15) is 10.0 Å². The van der Waals surface area contributed by atoms with Crippen LogP contribution < -0.4 is 4.90 Å². The van der Waals surface area contributed by atoms with Gasteiger partial charge in [-0.05, 0) is 57.5 Å². The molecule has 0 saturated carbocycles.